The lowest BCUT2D eigenvalue weighted by molar-refractivity contribution is -0.129. The third-order valence-electron chi connectivity index (χ3n) is 2.32. The van der Waals surface area contributed by atoms with Gasteiger partial charge in [-0.05, 0) is 18.8 Å². The highest BCUT2D eigenvalue weighted by Crippen LogP contribution is 2.29. The molecule has 13 heavy (non-hydrogen) atoms. The van der Waals surface area contributed by atoms with Crippen LogP contribution in [-0.2, 0) is 4.79 Å². The van der Waals surface area contributed by atoms with Crippen molar-refractivity contribution in [2.45, 2.75) is 32.7 Å². The van der Waals surface area contributed by atoms with E-state index in [1.54, 1.807) is 0 Å². The third kappa shape index (κ3) is 4.27. The maximum Gasteiger partial charge on any atom is 0.236 e. The summed E-state index contributed by atoms with van der Waals surface area (Å²) in [5.74, 6) is 0.994. The lowest BCUT2D eigenvalue weighted by Crippen LogP contribution is -2.38. The molecule has 0 radical (unpaired) electrons. The van der Waals surface area contributed by atoms with Gasteiger partial charge in [-0.25, -0.2) is 0 Å². The molecule has 0 heterocycles. The standard InChI is InChI=1S/C10H20N2O/c1-8(2)11-6-10(13)12(3)7-9-4-5-9/h8-9,11H,4-7H2,1-3H3. The molecule has 0 spiro atoms. The minimum absolute atomic E-state index is 0.209. The van der Waals surface area contributed by atoms with Gasteiger partial charge in [0.2, 0.25) is 5.91 Å². The van der Waals surface area contributed by atoms with E-state index in [0.717, 1.165) is 12.5 Å². The van der Waals surface area contributed by atoms with Crippen LogP contribution in [0.1, 0.15) is 26.7 Å². The molecular weight excluding hydrogens is 164 g/mol. The maximum absolute atomic E-state index is 11.5. The van der Waals surface area contributed by atoms with Gasteiger partial charge < -0.3 is 10.2 Å². The van der Waals surface area contributed by atoms with Crippen LogP contribution in [0.4, 0.5) is 0 Å². The fraction of sp³-hybridized carbons (Fsp3) is 0.900. The number of amides is 1. The smallest absolute Gasteiger partial charge is 0.236 e. The summed E-state index contributed by atoms with van der Waals surface area (Å²) in [4.78, 5) is 13.3. The van der Waals surface area contributed by atoms with Crippen molar-refractivity contribution in [3.8, 4) is 0 Å². The van der Waals surface area contributed by atoms with E-state index in [2.05, 4.69) is 5.32 Å². The van der Waals surface area contributed by atoms with Gasteiger partial charge in [-0.1, -0.05) is 13.8 Å². The highest BCUT2D eigenvalue weighted by Gasteiger charge is 2.24. The van der Waals surface area contributed by atoms with Gasteiger partial charge in [0.15, 0.2) is 0 Å². The highest BCUT2D eigenvalue weighted by atomic mass is 16.2. The van der Waals surface area contributed by atoms with Crippen molar-refractivity contribution in [2.24, 2.45) is 5.92 Å². The van der Waals surface area contributed by atoms with Gasteiger partial charge in [-0.3, -0.25) is 4.79 Å². The fourth-order valence-corrected chi connectivity index (χ4v) is 1.22. The summed E-state index contributed by atoms with van der Waals surface area (Å²) in [6.07, 6.45) is 2.60. The molecule has 1 amide bonds. The summed E-state index contributed by atoms with van der Waals surface area (Å²) in [7, 11) is 1.89. The maximum atomic E-state index is 11.5. The molecule has 1 saturated carbocycles. The van der Waals surface area contributed by atoms with Crippen LogP contribution in [0, 0.1) is 5.92 Å². The number of carbonyl (C=O) groups is 1. The van der Waals surface area contributed by atoms with Crippen molar-refractivity contribution >= 4 is 5.91 Å². The summed E-state index contributed by atoms with van der Waals surface area (Å²) in [6.45, 7) is 5.52. The van der Waals surface area contributed by atoms with Crippen LogP contribution in [-0.4, -0.2) is 37.0 Å². The Balaban J connectivity index is 2.13. The van der Waals surface area contributed by atoms with Gasteiger partial charge in [0.1, 0.15) is 0 Å². The zero-order chi connectivity index (χ0) is 9.84. The number of rotatable bonds is 5. The van der Waals surface area contributed by atoms with Crippen molar-refractivity contribution in [1.82, 2.24) is 10.2 Å². The van der Waals surface area contributed by atoms with E-state index in [1.165, 1.54) is 12.8 Å². The van der Waals surface area contributed by atoms with Gasteiger partial charge in [0.25, 0.3) is 0 Å². The predicted octanol–water partition coefficient (Wildman–Crippen LogP) is 0.853. The Labute approximate surface area is 80.5 Å². The second-order valence-electron chi connectivity index (χ2n) is 4.25. The van der Waals surface area contributed by atoms with Gasteiger partial charge >= 0.3 is 0 Å². The molecule has 0 unspecified atom stereocenters. The van der Waals surface area contributed by atoms with E-state index in [9.17, 15) is 4.79 Å². The van der Waals surface area contributed by atoms with Crippen LogP contribution in [0.5, 0.6) is 0 Å². The molecule has 1 rings (SSSR count). The molecule has 0 aromatic rings. The summed E-state index contributed by atoms with van der Waals surface area (Å²) in [5, 5.41) is 3.13. The van der Waals surface area contributed by atoms with Crippen LogP contribution >= 0.6 is 0 Å². The van der Waals surface area contributed by atoms with Crippen molar-refractivity contribution in [3.05, 3.63) is 0 Å². The number of hydrogen-bond acceptors (Lipinski definition) is 2. The minimum Gasteiger partial charge on any atom is -0.344 e. The first-order valence-electron chi connectivity index (χ1n) is 5.07. The molecule has 0 bridgehead atoms. The minimum atomic E-state index is 0.209. The molecule has 3 nitrogen and oxygen atoms in total. The number of likely N-dealkylation sites (N-methyl/N-ethyl adjacent to an activating group) is 1. The molecule has 1 aliphatic carbocycles. The molecule has 0 aromatic heterocycles. The Bertz CT molecular complexity index is 176. The Morgan fingerprint density at radius 3 is 2.62 bits per heavy atom. The van der Waals surface area contributed by atoms with E-state index in [-0.39, 0.29) is 5.91 Å². The van der Waals surface area contributed by atoms with Gasteiger partial charge in [0, 0.05) is 19.6 Å². The number of carbonyl (C=O) groups excluding carboxylic acids is 1. The van der Waals surface area contributed by atoms with Gasteiger partial charge in [-0.15, -0.1) is 0 Å². The predicted molar refractivity (Wildman–Crippen MR) is 53.5 cm³/mol. The second-order valence-corrected chi connectivity index (χ2v) is 4.25. The fourth-order valence-electron chi connectivity index (χ4n) is 1.22. The molecule has 0 aromatic carbocycles. The zero-order valence-corrected chi connectivity index (χ0v) is 8.84. The topological polar surface area (TPSA) is 32.3 Å². The Kier molecular flexibility index (Phi) is 3.72. The molecule has 76 valence electrons. The van der Waals surface area contributed by atoms with E-state index in [4.69, 9.17) is 0 Å². The number of nitrogens with zero attached hydrogens (tertiary/aromatic N) is 1. The van der Waals surface area contributed by atoms with Crippen molar-refractivity contribution in [3.63, 3.8) is 0 Å². The van der Waals surface area contributed by atoms with Crippen LogP contribution in [0.15, 0.2) is 0 Å². The Hall–Kier alpha value is -0.570. The van der Waals surface area contributed by atoms with Crippen LogP contribution in [0.25, 0.3) is 0 Å². The van der Waals surface area contributed by atoms with E-state index in [1.807, 2.05) is 25.8 Å². The summed E-state index contributed by atoms with van der Waals surface area (Å²) in [5.41, 5.74) is 0. The summed E-state index contributed by atoms with van der Waals surface area (Å²) >= 11 is 0. The average Bonchev–Trinajstić information content (AvgIpc) is 2.83. The van der Waals surface area contributed by atoms with Crippen molar-refractivity contribution in [1.29, 1.82) is 0 Å². The van der Waals surface area contributed by atoms with Gasteiger partial charge in [0.05, 0.1) is 6.54 Å². The molecule has 1 fully saturated rings. The lowest BCUT2D eigenvalue weighted by Gasteiger charge is -2.17. The van der Waals surface area contributed by atoms with Crippen LogP contribution in [0.3, 0.4) is 0 Å². The molecular formula is C10H20N2O. The molecule has 3 heteroatoms. The first kappa shape index (κ1) is 10.5. The quantitative estimate of drug-likeness (QED) is 0.687. The molecule has 0 saturated heterocycles. The monoisotopic (exact) mass is 184 g/mol. The Morgan fingerprint density at radius 2 is 2.15 bits per heavy atom. The third-order valence-corrected chi connectivity index (χ3v) is 2.32. The van der Waals surface area contributed by atoms with Crippen LogP contribution < -0.4 is 5.32 Å². The molecule has 1 N–H and O–H groups in total. The van der Waals surface area contributed by atoms with Crippen LogP contribution in [0.2, 0.25) is 0 Å². The average molecular weight is 184 g/mol. The lowest BCUT2D eigenvalue weighted by atomic mass is 10.3. The molecule has 1 aliphatic rings. The number of nitrogens with one attached hydrogen (secondary N) is 1. The van der Waals surface area contributed by atoms with Crippen molar-refractivity contribution < 1.29 is 4.79 Å². The zero-order valence-electron chi connectivity index (χ0n) is 8.84. The first-order chi connectivity index (χ1) is 6.09. The van der Waals surface area contributed by atoms with Crippen molar-refractivity contribution in [2.75, 3.05) is 20.1 Å². The van der Waals surface area contributed by atoms with E-state index < -0.39 is 0 Å². The van der Waals surface area contributed by atoms with E-state index >= 15 is 0 Å². The molecule has 0 atom stereocenters. The molecule has 0 aliphatic heterocycles. The SMILES string of the molecule is CC(C)NCC(=O)N(C)CC1CC1. The first-order valence-corrected chi connectivity index (χ1v) is 5.07. The summed E-state index contributed by atoms with van der Waals surface area (Å²) < 4.78 is 0. The highest BCUT2D eigenvalue weighted by molar-refractivity contribution is 5.78. The summed E-state index contributed by atoms with van der Waals surface area (Å²) in [6, 6.07) is 0.387. The van der Waals surface area contributed by atoms with E-state index in [0.29, 0.717) is 12.6 Å². The Morgan fingerprint density at radius 1 is 1.54 bits per heavy atom. The number of hydrogen-bond donors (Lipinski definition) is 1. The largest absolute Gasteiger partial charge is 0.344 e. The second kappa shape index (κ2) is 4.61. The van der Waals surface area contributed by atoms with Gasteiger partial charge in [-0.2, -0.15) is 0 Å². The normalized spacial score (nSPS) is 16.3.